The average molecular weight is 283 g/mol. The number of allylic oxidation sites excluding steroid dienone is 2. The molecule has 21 heavy (non-hydrogen) atoms. The SMILES string of the molecule is O=C(Nc1ccccc1)[C@@H]1[C@H]2C=C[C@H]([C@H]3C[C@H]23)[C@@H]1C(=O)O. The van der Waals surface area contributed by atoms with Gasteiger partial charge in [-0.3, -0.25) is 9.59 Å². The molecule has 0 saturated heterocycles. The number of carbonyl (C=O) groups excluding carboxylic acids is 1. The van der Waals surface area contributed by atoms with E-state index in [0.29, 0.717) is 11.8 Å². The van der Waals surface area contributed by atoms with Crippen molar-refractivity contribution in [3.63, 3.8) is 0 Å². The van der Waals surface area contributed by atoms with Crippen LogP contribution < -0.4 is 5.32 Å². The summed E-state index contributed by atoms with van der Waals surface area (Å²) >= 11 is 0. The van der Waals surface area contributed by atoms with Gasteiger partial charge in [-0.15, -0.1) is 0 Å². The fourth-order valence-electron chi connectivity index (χ4n) is 4.32. The van der Waals surface area contributed by atoms with Crippen molar-refractivity contribution in [2.24, 2.45) is 35.5 Å². The largest absolute Gasteiger partial charge is 0.481 e. The zero-order chi connectivity index (χ0) is 14.6. The van der Waals surface area contributed by atoms with Crippen LogP contribution in [-0.4, -0.2) is 17.0 Å². The molecule has 0 spiro atoms. The number of carboxylic acids is 1. The van der Waals surface area contributed by atoms with Crippen LogP contribution in [0.15, 0.2) is 42.5 Å². The van der Waals surface area contributed by atoms with Crippen molar-refractivity contribution in [2.75, 3.05) is 5.32 Å². The van der Waals surface area contributed by atoms with Gasteiger partial charge in [-0.1, -0.05) is 30.4 Å². The summed E-state index contributed by atoms with van der Waals surface area (Å²) < 4.78 is 0. The highest BCUT2D eigenvalue weighted by atomic mass is 16.4. The number of anilines is 1. The Bertz CT molecular complexity index is 624. The summed E-state index contributed by atoms with van der Waals surface area (Å²) in [4.78, 5) is 24.3. The van der Waals surface area contributed by atoms with Gasteiger partial charge in [-0.05, 0) is 42.2 Å². The molecule has 6 atom stereocenters. The zero-order valence-corrected chi connectivity index (χ0v) is 11.5. The number of rotatable bonds is 3. The van der Waals surface area contributed by atoms with Gasteiger partial charge in [-0.25, -0.2) is 0 Å². The molecule has 4 aliphatic rings. The van der Waals surface area contributed by atoms with E-state index in [9.17, 15) is 14.7 Å². The fourth-order valence-corrected chi connectivity index (χ4v) is 4.32. The fraction of sp³-hybridized carbons (Fsp3) is 0.412. The first kappa shape index (κ1) is 12.6. The molecular formula is C17H17NO3. The first-order chi connectivity index (χ1) is 10.2. The van der Waals surface area contributed by atoms with E-state index in [-0.39, 0.29) is 17.7 Å². The number of amides is 1. The molecule has 108 valence electrons. The molecule has 2 bridgehead atoms. The maximum atomic E-state index is 12.6. The van der Waals surface area contributed by atoms with Crippen LogP contribution >= 0.6 is 0 Å². The van der Waals surface area contributed by atoms with Crippen molar-refractivity contribution in [1.82, 2.24) is 0 Å². The molecule has 1 aromatic rings. The van der Waals surface area contributed by atoms with Gasteiger partial charge < -0.3 is 10.4 Å². The maximum Gasteiger partial charge on any atom is 0.307 e. The molecule has 1 aromatic carbocycles. The Morgan fingerprint density at radius 2 is 1.62 bits per heavy atom. The molecule has 2 fully saturated rings. The van der Waals surface area contributed by atoms with Gasteiger partial charge in [0, 0.05) is 5.69 Å². The van der Waals surface area contributed by atoms with Gasteiger partial charge in [0.1, 0.15) is 0 Å². The molecular weight excluding hydrogens is 266 g/mol. The van der Waals surface area contributed by atoms with Crippen molar-refractivity contribution < 1.29 is 14.7 Å². The topological polar surface area (TPSA) is 66.4 Å². The summed E-state index contributed by atoms with van der Waals surface area (Å²) in [6, 6.07) is 9.24. The number of hydrogen-bond acceptors (Lipinski definition) is 2. The third-order valence-corrected chi connectivity index (χ3v) is 5.28. The van der Waals surface area contributed by atoms with Crippen molar-refractivity contribution in [3.05, 3.63) is 42.5 Å². The first-order valence-corrected chi connectivity index (χ1v) is 7.44. The Morgan fingerprint density at radius 3 is 2.24 bits per heavy atom. The Labute approximate surface area is 122 Å². The lowest BCUT2D eigenvalue weighted by atomic mass is 9.62. The summed E-state index contributed by atoms with van der Waals surface area (Å²) in [5, 5.41) is 12.5. The monoisotopic (exact) mass is 283 g/mol. The van der Waals surface area contributed by atoms with Gasteiger partial charge >= 0.3 is 5.97 Å². The Kier molecular flexibility index (Phi) is 2.67. The number of hydrogen-bond donors (Lipinski definition) is 2. The molecule has 0 aliphatic heterocycles. The van der Waals surface area contributed by atoms with E-state index in [4.69, 9.17) is 0 Å². The minimum Gasteiger partial charge on any atom is -0.481 e. The highest BCUT2D eigenvalue weighted by molar-refractivity contribution is 5.96. The molecule has 0 heterocycles. The molecule has 4 nitrogen and oxygen atoms in total. The first-order valence-electron chi connectivity index (χ1n) is 7.44. The minimum absolute atomic E-state index is 0.0315. The quantitative estimate of drug-likeness (QED) is 0.837. The van der Waals surface area contributed by atoms with Crippen LogP contribution in [0.3, 0.4) is 0 Å². The van der Waals surface area contributed by atoms with Gasteiger partial charge in [-0.2, -0.15) is 0 Å². The molecule has 5 rings (SSSR count). The zero-order valence-electron chi connectivity index (χ0n) is 11.5. The highest BCUT2D eigenvalue weighted by Gasteiger charge is 2.62. The molecule has 2 saturated carbocycles. The Hall–Kier alpha value is -2.10. The minimum atomic E-state index is -0.840. The van der Waals surface area contributed by atoms with Crippen LogP contribution in [0, 0.1) is 35.5 Å². The number of aliphatic carboxylic acids is 1. The van der Waals surface area contributed by atoms with Gasteiger partial charge in [0.15, 0.2) is 0 Å². The predicted octanol–water partition coefficient (Wildman–Crippen LogP) is 2.39. The Morgan fingerprint density at radius 1 is 1.00 bits per heavy atom. The van der Waals surface area contributed by atoms with Gasteiger partial charge in [0.25, 0.3) is 0 Å². The van der Waals surface area contributed by atoms with Gasteiger partial charge in [0.05, 0.1) is 11.8 Å². The second-order valence-corrected chi connectivity index (χ2v) is 6.35. The van der Waals surface area contributed by atoms with E-state index in [1.807, 2.05) is 36.4 Å². The third kappa shape index (κ3) is 1.89. The van der Waals surface area contributed by atoms with Crippen LogP contribution in [0.25, 0.3) is 0 Å². The summed E-state index contributed by atoms with van der Waals surface area (Å²) in [6.45, 7) is 0. The number of para-hydroxylation sites is 1. The van der Waals surface area contributed by atoms with Crippen molar-refractivity contribution in [3.8, 4) is 0 Å². The lowest BCUT2D eigenvalue weighted by molar-refractivity contribution is -0.152. The normalized spacial score (nSPS) is 38.7. The lowest BCUT2D eigenvalue weighted by Gasteiger charge is -2.41. The maximum absolute atomic E-state index is 12.6. The Balaban J connectivity index is 1.62. The summed E-state index contributed by atoms with van der Waals surface area (Å²) in [6.07, 6.45) is 5.18. The van der Waals surface area contributed by atoms with E-state index in [1.165, 1.54) is 0 Å². The predicted molar refractivity (Wildman–Crippen MR) is 77.4 cm³/mol. The number of nitrogens with one attached hydrogen (secondary N) is 1. The number of fused-ring (bicyclic) bond motifs is 1. The average Bonchev–Trinajstić information content (AvgIpc) is 3.29. The summed E-state index contributed by atoms with van der Waals surface area (Å²) in [5.74, 6) is -0.891. The standard InChI is InChI=1S/C17H17NO3/c19-16(18-9-4-2-1-3-5-9)14-10-6-7-11(13-8-12(10)13)15(14)17(20)21/h1-7,10-15H,8H2,(H,18,19)(H,20,21)/t10-,11+,12+,13+,14+,15-/m0/s1. The van der Waals surface area contributed by atoms with E-state index in [2.05, 4.69) is 11.4 Å². The van der Waals surface area contributed by atoms with E-state index < -0.39 is 17.8 Å². The number of carboxylic acid groups (broad SMARTS) is 1. The highest BCUT2D eigenvalue weighted by Crippen LogP contribution is 2.63. The van der Waals surface area contributed by atoms with Gasteiger partial charge in [0.2, 0.25) is 5.91 Å². The van der Waals surface area contributed by atoms with Crippen LogP contribution in [0.4, 0.5) is 5.69 Å². The van der Waals surface area contributed by atoms with Crippen molar-refractivity contribution >= 4 is 17.6 Å². The molecule has 4 aliphatic carbocycles. The molecule has 2 N–H and O–H groups in total. The molecule has 0 radical (unpaired) electrons. The van der Waals surface area contributed by atoms with E-state index in [1.54, 1.807) is 0 Å². The second-order valence-electron chi connectivity index (χ2n) is 6.35. The smallest absolute Gasteiger partial charge is 0.307 e. The third-order valence-electron chi connectivity index (χ3n) is 5.28. The van der Waals surface area contributed by atoms with Crippen molar-refractivity contribution in [2.45, 2.75) is 6.42 Å². The van der Waals surface area contributed by atoms with Crippen LogP contribution in [-0.2, 0) is 9.59 Å². The molecule has 0 aromatic heterocycles. The molecule has 4 heteroatoms. The summed E-state index contributed by atoms with van der Waals surface area (Å²) in [7, 11) is 0. The van der Waals surface area contributed by atoms with Crippen LogP contribution in [0.1, 0.15) is 6.42 Å². The van der Waals surface area contributed by atoms with E-state index >= 15 is 0 Å². The van der Waals surface area contributed by atoms with Crippen LogP contribution in [0.5, 0.6) is 0 Å². The second kappa shape index (κ2) is 4.45. The van der Waals surface area contributed by atoms with Crippen molar-refractivity contribution in [1.29, 1.82) is 0 Å². The van der Waals surface area contributed by atoms with Crippen LogP contribution in [0.2, 0.25) is 0 Å². The lowest BCUT2D eigenvalue weighted by Crippen LogP contribution is -2.48. The molecule has 1 amide bonds. The number of benzene rings is 1. The molecule has 0 unspecified atom stereocenters. The summed E-state index contributed by atoms with van der Waals surface area (Å²) in [5.41, 5.74) is 0.726. The van der Waals surface area contributed by atoms with E-state index in [0.717, 1.165) is 12.1 Å². The number of carbonyl (C=O) groups is 2.